The van der Waals surface area contributed by atoms with E-state index in [4.69, 9.17) is 9.47 Å². The Morgan fingerprint density at radius 1 is 1.25 bits per heavy atom. The van der Waals surface area contributed by atoms with Gasteiger partial charge in [-0.25, -0.2) is 0 Å². The van der Waals surface area contributed by atoms with E-state index in [1.807, 2.05) is 34.6 Å². The molecule has 0 aromatic rings. The summed E-state index contributed by atoms with van der Waals surface area (Å²) >= 11 is 0. The lowest BCUT2D eigenvalue weighted by Gasteiger charge is -2.25. The lowest BCUT2D eigenvalue weighted by molar-refractivity contribution is -0.0898. The van der Waals surface area contributed by atoms with Gasteiger partial charge in [0.15, 0.2) is 0 Å². The molecule has 0 aliphatic carbocycles. The van der Waals surface area contributed by atoms with E-state index >= 15 is 0 Å². The van der Waals surface area contributed by atoms with Gasteiger partial charge in [-0.2, -0.15) is 0 Å². The Hall–Kier alpha value is -0.0800. The Labute approximate surface area is 76.3 Å². The van der Waals surface area contributed by atoms with Crippen LogP contribution in [0, 0.1) is 6.92 Å². The highest BCUT2D eigenvalue weighted by molar-refractivity contribution is 4.63. The predicted octanol–water partition coefficient (Wildman–Crippen LogP) is 2.43. The van der Waals surface area contributed by atoms with Crippen LogP contribution >= 0.6 is 0 Å². The van der Waals surface area contributed by atoms with E-state index < -0.39 is 0 Å². The molecule has 0 spiro atoms. The molecule has 0 aliphatic heterocycles. The van der Waals surface area contributed by atoms with Crippen LogP contribution in [-0.4, -0.2) is 24.4 Å². The molecule has 12 heavy (non-hydrogen) atoms. The Morgan fingerprint density at radius 3 is 2.08 bits per heavy atom. The molecular weight excluding hydrogens is 152 g/mol. The molecule has 0 aromatic heterocycles. The van der Waals surface area contributed by atoms with Crippen LogP contribution in [0.25, 0.3) is 0 Å². The lowest BCUT2D eigenvalue weighted by Crippen LogP contribution is -2.29. The van der Waals surface area contributed by atoms with Crippen molar-refractivity contribution < 1.29 is 9.47 Å². The quantitative estimate of drug-likeness (QED) is 0.650. The molecule has 2 unspecified atom stereocenters. The standard InChI is InChI=1S/C10H21O2/c1-8(2)11-7-9(3)12-10(4,5)6/h8-9H,1,7H2,2-6H3. The molecule has 0 N–H and O–H groups in total. The van der Waals surface area contributed by atoms with Gasteiger partial charge in [-0.05, 0) is 41.5 Å². The zero-order valence-electron chi connectivity index (χ0n) is 8.89. The third-order valence-corrected chi connectivity index (χ3v) is 1.17. The fourth-order valence-electron chi connectivity index (χ4n) is 0.937. The van der Waals surface area contributed by atoms with Crippen LogP contribution in [0.4, 0.5) is 0 Å². The molecule has 0 saturated heterocycles. The minimum Gasteiger partial charge on any atom is -0.376 e. The summed E-state index contributed by atoms with van der Waals surface area (Å²) in [5, 5.41) is 0. The van der Waals surface area contributed by atoms with E-state index in [1.165, 1.54) is 0 Å². The van der Waals surface area contributed by atoms with Crippen molar-refractivity contribution in [2.75, 3.05) is 6.61 Å². The number of hydrogen-bond acceptors (Lipinski definition) is 2. The topological polar surface area (TPSA) is 18.5 Å². The Morgan fingerprint density at radius 2 is 1.75 bits per heavy atom. The number of hydrogen-bond donors (Lipinski definition) is 0. The summed E-state index contributed by atoms with van der Waals surface area (Å²) < 4.78 is 10.9. The van der Waals surface area contributed by atoms with Crippen molar-refractivity contribution in [3.63, 3.8) is 0 Å². The monoisotopic (exact) mass is 173 g/mol. The maximum Gasteiger partial charge on any atom is 0.0787 e. The molecule has 0 aromatic carbocycles. The van der Waals surface area contributed by atoms with Crippen LogP contribution < -0.4 is 0 Å². The van der Waals surface area contributed by atoms with Crippen molar-refractivity contribution >= 4 is 0 Å². The van der Waals surface area contributed by atoms with Crippen LogP contribution in [0.15, 0.2) is 0 Å². The molecule has 0 rings (SSSR count). The summed E-state index contributed by atoms with van der Waals surface area (Å²) in [4.78, 5) is 0. The smallest absolute Gasteiger partial charge is 0.0787 e. The maximum atomic E-state index is 5.64. The van der Waals surface area contributed by atoms with E-state index in [0.717, 1.165) is 0 Å². The second-order valence-electron chi connectivity index (χ2n) is 4.18. The average Bonchev–Trinajstić information content (AvgIpc) is 1.79. The largest absolute Gasteiger partial charge is 0.376 e. The fraction of sp³-hybridized carbons (Fsp3) is 0.900. The van der Waals surface area contributed by atoms with Crippen molar-refractivity contribution in [1.29, 1.82) is 0 Å². The van der Waals surface area contributed by atoms with Crippen LogP contribution in [0.2, 0.25) is 0 Å². The summed E-state index contributed by atoms with van der Waals surface area (Å²) in [6, 6.07) is 0. The molecule has 0 fully saturated rings. The molecule has 73 valence electrons. The summed E-state index contributed by atoms with van der Waals surface area (Å²) in [6.45, 7) is 14.4. The van der Waals surface area contributed by atoms with E-state index in [0.29, 0.717) is 6.61 Å². The van der Waals surface area contributed by atoms with Crippen LogP contribution in [-0.2, 0) is 9.47 Å². The maximum absolute atomic E-state index is 5.64. The third kappa shape index (κ3) is 8.02. The van der Waals surface area contributed by atoms with Gasteiger partial charge in [0.2, 0.25) is 0 Å². The van der Waals surface area contributed by atoms with Gasteiger partial charge in [0.25, 0.3) is 0 Å². The van der Waals surface area contributed by atoms with Gasteiger partial charge in [-0.3, -0.25) is 0 Å². The van der Waals surface area contributed by atoms with E-state index in [1.54, 1.807) is 0 Å². The lowest BCUT2D eigenvalue weighted by atomic mass is 10.2. The van der Waals surface area contributed by atoms with Crippen LogP contribution in [0.3, 0.4) is 0 Å². The van der Waals surface area contributed by atoms with Crippen molar-refractivity contribution in [2.45, 2.75) is 52.4 Å². The van der Waals surface area contributed by atoms with E-state index in [-0.39, 0.29) is 17.8 Å². The summed E-state index contributed by atoms with van der Waals surface area (Å²) in [6.07, 6.45) is 0.171. The van der Waals surface area contributed by atoms with Crippen molar-refractivity contribution in [1.82, 2.24) is 0 Å². The van der Waals surface area contributed by atoms with Gasteiger partial charge < -0.3 is 9.47 Å². The molecule has 0 heterocycles. The first-order valence-electron chi connectivity index (χ1n) is 4.44. The molecule has 2 atom stereocenters. The minimum atomic E-state index is -0.0901. The Kier molecular flexibility index (Phi) is 4.80. The van der Waals surface area contributed by atoms with Crippen LogP contribution in [0.5, 0.6) is 0 Å². The van der Waals surface area contributed by atoms with Gasteiger partial charge in [-0.1, -0.05) is 0 Å². The first-order valence-corrected chi connectivity index (χ1v) is 4.44. The number of rotatable bonds is 4. The molecule has 2 nitrogen and oxygen atoms in total. The highest BCUT2D eigenvalue weighted by Crippen LogP contribution is 2.10. The third-order valence-electron chi connectivity index (χ3n) is 1.17. The molecule has 0 bridgehead atoms. The molecular formula is C10H21O2. The second-order valence-corrected chi connectivity index (χ2v) is 4.18. The van der Waals surface area contributed by atoms with Crippen molar-refractivity contribution in [3.05, 3.63) is 6.92 Å². The van der Waals surface area contributed by atoms with Gasteiger partial charge in [0, 0.05) is 0 Å². The van der Waals surface area contributed by atoms with E-state index in [2.05, 4.69) is 6.92 Å². The SMILES string of the molecule is [CH2]C(C)OCC(C)OC(C)(C)C. The number of ether oxygens (including phenoxy) is 2. The fourth-order valence-corrected chi connectivity index (χ4v) is 0.937. The highest BCUT2D eigenvalue weighted by Gasteiger charge is 2.15. The average molecular weight is 173 g/mol. The molecule has 0 amide bonds. The molecule has 0 aliphatic rings. The van der Waals surface area contributed by atoms with Crippen LogP contribution in [0.1, 0.15) is 34.6 Å². The van der Waals surface area contributed by atoms with Crippen molar-refractivity contribution in [2.24, 2.45) is 0 Å². The first kappa shape index (κ1) is 11.9. The first-order chi connectivity index (χ1) is 5.31. The van der Waals surface area contributed by atoms with E-state index in [9.17, 15) is 0 Å². The summed E-state index contributed by atoms with van der Waals surface area (Å²) in [7, 11) is 0. The molecule has 0 saturated carbocycles. The summed E-state index contributed by atoms with van der Waals surface area (Å²) in [5.74, 6) is 0. The minimum absolute atomic E-state index is 0.0380. The van der Waals surface area contributed by atoms with Gasteiger partial charge in [0.1, 0.15) is 0 Å². The highest BCUT2D eigenvalue weighted by atomic mass is 16.5. The molecule has 2 heteroatoms. The summed E-state index contributed by atoms with van der Waals surface area (Å²) in [5.41, 5.74) is -0.0901. The normalized spacial score (nSPS) is 15.2. The van der Waals surface area contributed by atoms with Gasteiger partial charge >= 0.3 is 0 Å². The zero-order chi connectivity index (χ0) is 9.78. The van der Waals surface area contributed by atoms with Gasteiger partial charge in [-0.15, -0.1) is 0 Å². The predicted molar refractivity (Wildman–Crippen MR) is 51.1 cm³/mol. The Balaban J connectivity index is 3.53. The molecule has 1 radical (unpaired) electrons. The Bertz CT molecular complexity index is 113. The van der Waals surface area contributed by atoms with Gasteiger partial charge in [0.05, 0.1) is 24.4 Å². The zero-order valence-corrected chi connectivity index (χ0v) is 8.89. The second kappa shape index (κ2) is 4.83. The van der Waals surface area contributed by atoms with Crippen molar-refractivity contribution in [3.8, 4) is 0 Å².